The molecule has 77 heavy (non-hydrogen) atoms. The third-order valence-electron chi connectivity index (χ3n) is 15.3. The molecular formula is C71H130O6. The summed E-state index contributed by atoms with van der Waals surface area (Å²) in [6.07, 6.45) is 82.7. The number of hydrogen-bond acceptors (Lipinski definition) is 6. The second-order valence-corrected chi connectivity index (χ2v) is 23.1. The molecule has 450 valence electrons. The average molecular weight is 1080 g/mol. The summed E-state index contributed by atoms with van der Waals surface area (Å²) in [6, 6.07) is 0. The zero-order valence-electron chi connectivity index (χ0n) is 51.7. The molecule has 0 heterocycles. The van der Waals surface area contributed by atoms with Gasteiger partial charge < -0.3 is 14.2 Å². The largest absolute Gasteiger partial charge is 0.462 e. The molecule has 0 aliphatic rings. The Morgan fingerprint density at radius 3 is 0.740 bits per heavy atom. The molecule has 0 aromatic carbocycles. The van der Waals surface area contributed by atoms with Gasteiger partial charge >= 0.3 is 17.9 Å². The molecule has 1 unspecified atom stereocenters. The van der Waals surface area contributed by atoms with Crippen molar-refractivity contribution in [1.82, 2.24) is 0 Å². The van der Waals surface area contributed by atoms with Gasteiger partial charge in [0.25, 0.3) is 0 Å². The molecule has 0 N–H and O–H groups in total. The number of hydrogen-bond donors (Lipinski definition) is 0. The summed E-state index contributed by atoms with van der Waals surface area (Å²) in [5, 5.41) is 0. The number of unbranched alkanes of at least 4 members (excludes halogenated alkanes) is 44. The second kappa shape index (κ2) is 65.9. The van der Waals surface area contributed by atoms with E-state index in [2.05, 4.69) is 69.4 Å². The van der Waals surface area contributed by atoms with Gasteiger partial charge in [-0.05, 0) is 83.5 Å². The predicted molar refractivity (Wildman–Crippen MR) is 335 cm³/mol. The summed E-state index contributed by atoms with van der Waals surface area (Å²) in [6.45, 7) is 6.67. The zero-order chi connectivity index (χ0) is 55.7. The first kappa shape index (κ1) is 74.4. The molecular weight excluding hydrogens is 949 g/mol. The van der Waals surface area contributed by atoms with Crippen molar-refractivity contribution in [3.63, 3.8) is 0 Å². The minimum Gasteiger partial charge on any atom is -0.462 e. The van der Waals surface area contributed by atoms with Crippen molar-refractivity contribution in [3.8, 4) is 0 Å². The monoisotopic (exact) mass is 1080 g/mol. The van der Waals surface area contributed by atoms with E-state index in [9.17, 15) is 14.4 Å². The van der Waals surface area contributed by atoms with Gasteiger partial charge in [-0.15, -0.1) is 0 Å². The van der Waals surface area contributed by atoms with Crippen LogP contribution in [0.2, 0.25) is 0 Å². The second-order valence-electron chi connectivity index (χ2n) is 23.1. The van der Waals surface area contributed by atoms with E-state index in [1.54, 1.807) is 0 Å². The van der Waals surface area contributed by atoms with E-state index in [1.165, 1.54) is 250 Å². The number of carbonyl (C=O) groups excluding carboxylic acids is 3. The molecule has 1 atom stereocenters. The van der Waals surface area contributed by atoms with Crippen LogP contribution in [0, 0.1) is 0 Å². The Morgan fingerprint density at radius 1 is 0.260 bits per heavy atom. The normalized spacial score (nSPS) is 12.3. The van der Waals surface area contributed by atoms with Crippen LogP contribution < -0.4 is 0 Å². The lowest BCUT2D eigenvalue weighted by Crippen LogP contribution is -2.30. The van der Waals surface area contributed by atoms with Crippen molar-refractivity contribution in [3.05, 3.63) is 48.6 Å². The molecule has 0 amide bonds. The third-order valence-corrected chi connectivity index (χ3v) is 15.3. The Labute approximate surface area is 479 Å². The van der Waals surface area contributed by atoms with E-state index in [0.29, 0.717) is 19.3 Å². The molecule has 0 spiro atoms. The fraction of sp³-hybridized carbons (Fsp3) is 0.845. The van der Waals surface area contributed by atoms with Crippen LogP contribution in [-0.4, -0.2) is 37.2 Å². The summed E-state index contributed by atoms with van der Waals surface area (Å²) in [7, 11) is 0. The van der Waals surface area contributed by atoms with Crippen LogP contribution in [0.15, 0.2) is 48.6 Å². The summed E-state index contributed by atoms with van der Waals surface area (Å²) in [5.41, 5.74) is 0. The number of esters is 3. The SMILES string of the molecule is CCCCCCC/C=C\C/C=C\C/C=C\CCCCCCCCCCCCCCCCC(=O)OCC(COC(=O)CCCCCCC/C=C\CCCCCCC)OC(=O)CCCCCCCCCCCCCCCCCC. The van der Waals surface area contributed by atoms with Gasteiger partial charge in [-0.25, -0.2) is 0 Å². The number of rotatable bonds is 63. The topological polar surface area (TPSA) is 78.9 Å². The molecule has 0 saturated heterocycles. The van der Waals surface area contributed by atoms with Gasteiger partial charge in [0, 0.05) is 19.3 Å². The summed E-state index contributed by atoms with van der Waals surface area (Å²) in [4.78, 5) is 38.3. The molecule has 0 radical (unpaired) electrons. The van der Waals surface area contributed by atoms with E-state index in [0.717, 1.165) is 77.0 Å². The van der Waals surface area contributed by atoms with Crippen molar-refractivity contribution in [2.45, 2.75) is 374 Å². The van der Waals surface area contributed by atoms with Gasteiger partial charge in [0.05, 0.1) is 0 Å². The quantitative estimate of drug-likeness (QED) is 0.0261. The highest BCUT2D eigenvalue weighted by Gasteiger charge is 2.19. The summed E-state index contributed by atoms with van der Waals surface area (Å²) < 4.78 is 17.0. The van der Waals surface area contributed by atoms with Gasteiger partial charge in [0.1, 0.15) is 13.2 Å². The maximum Gasteiger partial charge on any atom is 0.306 e. The molecule has 0 saturated carbocycles. The van der Waals surface area contributed by atoms with Crippen molar-refractivity contribution in [2.24, 2.45) is 0 Å². The fourth-order valence-corrected chi connectivity index (χ4v) is 10.2. The molecule has 0 aliphatic carbocycles. The van der Waals surface area contributed by atoms with Crippen LogP contribution in [-0.2, 0) is 28.6 Å². The maximum atomic E-state index is 12.9. The highest BCUT2D eigenvalue weighted by molar-refractivity contribution is 5.71. The first-order valence-electron chi connectivity index (χ1n) is 34.1. The van der Waals surface area contributed by atoms with Crippen LogP contribution in [0.25, 0.3) is 0 Å². The highest BCUT2D eigenvalue weighted by Crippen LogP contribution is 2.18. The number of allylic oxidation sites excluding steroid dienone is 8. The smallest absolute Gasteiger partial charge is 0.306 e. The van der Waals surface area contributed by atoms with Crippen LogP contribution in [0.1, 0.15) is 367 Å². The van der Waals surface area contributed by atoms with Crippen molar-refractivity contribution in [1.29, 1.82) is 0 Å². The van der Waals surface area contributed by atoms with Crippen LogP contribution in [0.4, 0.5) is 0 Å². The van der Waals surface area contributed by atoms with Gasteiger partial charge in [0.2, 0.25) is 0 Å². The lowest BCUT2D eigenvalue weighted by molar-refractivity contribution is -0.167. The number of carbonyl (C=O) groups is 3. The molecule has 6 heteroatoms. The highest BCUT2D eigenvalue weighted by atomic mass is 16.6. The van der Waals surface area contributed by atoms with Crippen molar-refractivity contribution >= 4 is 17.9 Å². The standard InChI is InChI=1S/C71H130O6/c1-4-7-10-13-16-19-22-25-28-30-31-32-33-34-35-36-37-38-39-40-41-42-44-46-49-52-55-58-61-64-70(73)76-67-68(66-75-69(72)63-60-57-54-51-48-45-27-24-21-18-15-12-9-6-3)77-71(74)65-62-59-56-53-50-47-43-29-26-23-20-17-14-11-8-5-2/h22,24-25,27,30-31,33-34,68H,4-21,23,26,28-29,32,35-67H2,1-3H3/b25-22-,27-24-,31-30-,34-33-. The molecule has 0 fully saturated rings. The predicted octanol–water partition coefficient (Wildman–Crippen LogP) is 23.3. The first-order chi connectivity index (χ1) is 38.0. The Kier molecular flexibility index (Phi) is 63.6. The Morgan fingerprint density at radius 2 is 0.468 bits per heavy atom. The van der Waals surface area contributed by atoms with Crippen molar-refractivity contribution < 1.29 is 28.6 Å². The lowest BCUT2D eigenvalue weighted by Gasteiger charge is -2.18. The molecule has 6 nitrogen and oxygen atoms in total. The van der Waals surface area contributed by atoms with Crippen LogP contribution >= 0.6 is 0 Å². The van der Waals surface area contributed by atoms with Crippen molar-refractivity contribution in [2.75, 3.05) is 13.2 Å². The van der Waals surface area contributed by atoms with E-state index in [1.807, 2.05) is 0 Å². The molecule has 0 rings (SSSR count). The summed E-state index contributed by atoms with van der Waals surface area (Å²) >= 11 is 0. The average Bonchev–Trinajstić information content (AvgIpc) is 3.43. The van der Waals surface area contributed by atoms with Crippen LogP contribution in [0.3, 0.4) is 0 Å². The minimum absolute atomic E-state index is 0.0714. The van der Waals surface area contributed by atoms with Gasteiger partial charge in [0.15, 0.2) is 6.10 Å². The van der Waals surface area contributed by atoms with Gasteiger partial charge in [-0.2, -0.15) is 0 Å². The van der Waals surface area contributed by atoms with Gasteiger partial charge in [-0.1, -0.05) is 313 Å². The van der Waals surface area contributed by atoms with E-state index in [4.69, 9.17) is 14.2 Å². The third kappa shape index (κ3) is 64.1. The lowest BCUT2D eigenvalue weighted by atomic mass is 10.0. The molecule has 0 aromatic heterocycles. The Hall–Kier alpha value is -2.63. The molecule has 0 aromatic rings. The first-order valence-corrected chi connectivity index (χ1v) is 34.1. The Balaban J connectivity index is 4.21. The fourth-order valence-electron chi connectivity index (χ4n) is 10.2. The minimum atomic E-state index is -0.774. The van der Waals surface area contributed by atoms with E-state index >= 15 is 0 Å². The van der Waals surface area contributed by atoms with Crippen LogP contribution in [0.5, 0.6) is 0 Å². The van der Waals surface area contributed by atoms with Gasteiger partial charge in [-0.3, -0.25) is 14.4 Å². The Bertz CT molecular complexity index is 1330. The van der Waals surface area contributed by atoms with E-state index in [-0.39, 0.29) is 31.1 Å². The number of ether oxygens (including phenoxy) is 3. The molecule has 0 aliphatic heterocycles. The molecule has 0 bridgehead atoms. The summed E-state index contributed by atoms with van der Waals surface area (Å²) in [5.74, 6) is -0.857. The van der Waals surface area contributed by atoms with E-state index < -0.39 is 6.10 Å². The zero-order valence-corrected chi connectivity index (χ0v) is 51.7. The maximum absolute atomic E-state index is 12.9.